The van der Waals surface area contributed by atoms with E-state index in [0.717, 1.165) is 10.8 Å². The van der Waals surface area contributed by atoms with Gasteiger partial charge in [-0.15, -0.1) is 0 Å². The summed E-state index contributed by atoms with van der Waals surface area (Å²) >= 11 is 0. The molecule has 0 aliphatic carbocycles. The van der Waals surface area contributed by atoms with Crippen molar-refractivity contribution in [1.29, 1.82) is 0 Å². The number of nitrogens with one attached hydrogen (secondary N) is 1. The molecule has 3 aromatic rings. The van der Waals surface area contributed by atoms with Gasteiger partial charge in [-0.25, -0.2) is 9.59 Å². The molecule has 0 saturated heterocycles. The first-order chi connectivity index (χ1) is 9.15. The fourth-order valence-electron chi connectivity index (χ4n) is 2.10. The molecule has 0 atom stereocenters. The van der Waals surface area contributed by atoms with Gasteiger partial charge in [0.1, 0.15) is 5.58 Å². The molecule has 5 heteroatoms. The summed E-state index contributed by atoms with van der Waals surface area (Å²) in [4.78, 5) is 22.7. The summed E-state index contributed by atoms with van der Waals surface area (Å²) in [6.45, 7) is 0. The van der Waals surface area contributed by atoms with Gasteiger partial charge >= 0.3 is 11.7 Å². The molecule has 19 heavy (non-hydrogen) atoms. The number of hydrogen-bond donors (Lipinski definition) is 2. The molecule has 0 bridgehead atoms. The third kappa shape index (κ3) is 1.91. The molecule has 3 rings (SSSR count). The molecular weight excluding hydrogens is 244 g/mol. The summed E-state index contributed by atoms with van der Waals surface area (Å²) in [5.41, 5.74) is 5.73. The second-order valence-electron chi connectivity index (χ2n) is 4.14. The molecule has 0 fully saturated rings. The fourth-order valence-corrected chi connectivity index (χ4v) is 2.10. The van der Waals surface area contributed by atoms with E-state index in [1.165, 1.54) is 0 Å². The van der Waals surface area contributed by atoms with Crippen LogP contribution in [0.3, 0.4) is 0 Å². The molecule has 0 unspecified atom stereocenters. The number of carbonyl (C=O) groups excluding carboxylic acids is 1. The average Bonchev–Trinajstić information content (AvgIpc) is 2.39. The number of urea groups is 1. The van der Waals surface area contributed by atoms with Gasteiger partial charge in [0.25, 0.3) is 0 Å². The van der Waals surface area contributed by atoms with Crippen molar-refractivity contribution >= 4 is 33.5 Å². The Kier molecular flexibility index (Phi) is 2.45. The lowest BCUT2D eigenvalue weighted by atomic mass is 10.1. The van der Waals surface area contributed by atoms with Crippen LogP contribution in [0.25, 0.3) is 21.7 Å². The van der Waals surface area contributed by atoms with Crippen molar-refractivity contribution < 1.29 is 9.21 Å². The third-order valence-electron chi connectivity index (χ3n) is 2.89. The van der Waals surface area contributed by atoms with Crippen LogP contribution in [0, 0.1) is 0 Å². The molecule has 0 spiro atoms. The fraction of sp³-hybridized carbons (Fsp3) is 0. The minimum absolute atomic E-state index is 0.376. The third-order valence-corrected chi connectivity index (χ3v) is 2.89. The maximum atomic E-state index is 11.8. The molecule has 94 valence electrons. The number of fused-ring (bicyclic) bond motifs is 3. The van der Waals surface area contributed by atoms with Crippen molar-refractivity contribution in [1.82, 2.24) is 0 Å². The van der Waals surface area contributed by atoms with E-state index in [4.69, 9.17) is 10.2 Å². The van der Waals surface area contributed by atoms with Crippen LogP contribution >= 0.6 is 0 Å². The van der Waals surface area contributed by atoms with Gasteiger partial charge < -0.3 is 15.5 Å². The number of rotatable bonds is 1. The van der Waals surface area contributed by atoms with Crippen LogP contribution < -0.4 is 16.7 Å². The summed E-state index contributed by atoms with van der Waals surface area (Å²) in [6, 6.07) is 11.5. The second-order valence-corrected chi connectivity index (χ2v) is 4.14. The molecule has 0 radical (unpaired) electrons. The number of amides is 2. The molecule has 5 nitrogen and oxygen atoms in total. The Labute approximate surface area is 107 Å². The minimum Gasteiger partial charge on any atom is -0.422 e. The summed E-state index contributed by atoms with van der Waals surface area (Å²) in [7, 11) is 0. The lowest BCUT2D eigenvalue weighted by molar-refractivity contribution is 0.259. The second kappa shape index (κ2) is 4.13. The Hall–Kier alpha value is -2.82. The highest BCUT2D eigenvalue weighted by molar-refractivity contribution is 6.06. The number of hydrogen-bond acceptors (Lipinski definition) is 3. The molecule has 2 amide bonds. The lowest BCUT2D eigenvalue weighted by Crippen LogP contribution is -2.19. The largest absolute Gasteiger partial charge is 0.422 e. The predicted molar refractivity (Wildman–Crippen MR) is 73.2 cm³/mol. The molecule has 1 aromatic heterocycles. The van der Waals surface area contributed by atoms with E-state index in [2.05, 4.69) is 5.32 Å². The van der Waals surface area contributed by atoms with Crippen molar-refractivity contribution in [2.45, 2.75) is 0 Å². The van der Waals surface area contributed by atoms with Gasteiger partial charge in [-0.2, -0.15) is 0 Å². The van der Waals surface area contributed by atoms with Gasteiger partial charge in [-0.05, 0) is 29.7 Å². The Bertz CT molecular complexity index is 852. The van der Waals surface area contributed by atoms with Gasteiger partial charge in [-0.1, -0.05) is 18.2 Å². The van der Waals surface area contributed by atoms with Crippen molar-refractivity contribution in [3.63, 3.8) is 0 Å². The summed E-state index contributed by atoms with van der Waals surface area (Å²) in [6.07, 6.45) is 0. The molecule has 0 saturated carbocycles. The Morgan fingerprint density at radius 1 is 1.05 bits per heavy atom. The van der Waals surface area contributed by atoms with Gasteiger partial charge in [0.05, 0.1) is 5.39 Å². The van der Waals surface area contributed by atoms with E-state index in [9.17, 15) is 9.59 Å². The number of primary amides is 1. The van der Waals surface area contributed by atoms with Gasteiger partial charge in [0, 0.05) is 11.1 Å². The number of nitrogens with two attached hydrogens (primary N) is 1. The highest BCUT2D eigenvalue weighted by Gasteiger charge is 2.07. The normalized spacial score (nSPS) is 10.7. The quantitative estimate of drug-likeness (QED) is 0.516. The van der Waals surface area contributed by atoms with Crippen LogP contribution in [0.1, 0.15) is 0 Å². The lowest BCUT2D eigenvalue weighted by Gasteiger charge is -2.05. The topological polar surface area (TPSA) is 85.3 Å². The number of anilines is 1. The van der Waals surface area contributed by atoms with E-state index < -0.39 is 6.03 Å². The molecular formula is C14H10N2O3. The molecule has 0 aliphatic heterocycles. The van der Waals surface area contributed by atoms with Crippen LogP contribution in [-0.4, -0.2) is 6.03 Å². The molecule has 0 aliphatic rings. The maximum absolute atomic E-state index is 11.8. The highest BCUT2D eigenvalue weighted by atomic mass is 16.4. The van der Waals surface area contributed by atoms with Crippen molar-refractivity contribution in [2.24, 2.45) is 5.73 Å². The summed E-state index contributed by atoms with van der Waals surface area (Å²) in [5.74, 6) is 0. The molecule has 1 heterocycles. The smallest absolute Gasteiger partial charge is 0.344 e. The predicted octanol–water partition coefficient (Wildman–Crippen LogP) is 2.44. The van der Waals surface area contributed by atoms with Crippen LogP contribution in [0.5, 0.6) is 0 Å². The van der Waals surface area contributed by atoms with Crippen molar-refractivity contribution in [2.75, 3.05) is 5.32 Å². The van der Waals surface area contributed by atoms with E-state index in [1.807, 2.05) is 12.1 Å². The van der Waals surface area contributed by atoms with Crippen LogP contribution in [0.4, 0.5) is 10.5 Å². The van der Waals surface area contributed by atoms with Gasteiger partial charge in [0.15, 0.2) is 0 Å². The first-order valence-corrected chi connectivity index (χ1v) is 5.67. The van der Waals surface area contributed by atoms with Crippen molar-refractivity contribution in [3.8, 4) is 0 Å². The molecule has 2 aromatic carbocycles. The number of carbonyl (C=O) groups is 1. The van der Waals surface area contributed by atoms with Gasteiger partial charge in [-0.3, -0.25) is 0 Å². The van der Waals surface area contributed by atoms with E-state index >= 15 is 0 Å². The zero-order valence-corrected chi connectivity index (χ0v) is 9.84. The maximum Gasteiger partial charge on any atom is 0.344 e. The van der Waals surface area contributed by atoms with Crippen LogP contribution in [0.15, 0.2) is 51.7 Å². The van der Waals surface area contributed by atoms with E-state index in [1.54, 1.807) is 30.3 Å². The van der Waals surface area contributed by atoms with Crippen LogP contribution in [0.2, 0.25) is 0 Å². The number of benzene rings is 2. The van der Waals surface area contributed by atoms with Crippen molar-refractivity contribution in [3.05, 3.63) is 52.9 Å². The highest BCUT2D eigenvalue weighted by Crippen LogP contribution is 2.25. The van der Waals surface area contributed by atoms with Crippen LogP contribution in [-0.2, 0) is 0 Å². The Balaban J connectivity index is 2.37. The Morgan fingerprint density at radius 3 is 2.53 bits per heavy atom. The van der Waals surface area contributed by atoms with E-state index in [-0.39, 0.29) is 5.63 Å². The first kappa shape index (κ1) is 11.3. The standard InChI is InChI=1S/C14H10N2O3/c15-14(18)16-8-5-6-12-11(7-8)9-3-1-2-4-10(9)13(17)19-12/h1-7H,(H3,15,16,18). The zero-order valence-electron chi connectivity index (χ0n) is 9.84. The molecule has 3 N–H and O–H groups in total. The monoisotopic (exact) mass is 254 g/mol. The average molecular weight is 254 g/mol. The summed E-state index contributed by atoms with van der Waals surface area (Å²) < 4.78 is 5.24. The zero-order chi connectivity index (χ0) is 13.4. The van der Waals surface area contributed by atoms with E-state index in [0.29, 0.717) is 16.7 Å². The first-order valence-electron chi connectivity index (χ1n) is 5.67. The van der Waals surface area contributed by atoms with Gasteiger partial charge in [0.2, 0.25) is 0 Å². The summed E-state index contributed by atoms with van der Waals surface area (Å²) in [5, 5.41) is 4.53. The SMILES string of the molecule is NC(=O)Nc1ccc2oc(=O)c3ccccc3c2c1. The minimum atomic E-state index is -0.638. The Morgan fingerprint density at radius 2 is 1.79 bits per heavy atom.